The van der Waals surface area contributed by atoms with Gasteiger partial charge in [0.2, 0.25) is 12.3 Å². The van der Waals surface area contributed by atoms with Crippen LogP contribution in [-0.2, 0) is 32.4 Å². The topological polar surface area (TPSA) is 83.6 Å². The van der Waals surface area contributed by atoms with Crippen molar-refractivity contribution in [1.82, 2.24) is 4.90 Å². The molecule has 8 heteroatoms. The number of halogens is 1. The van der Waals surface area contributed by atoms with E-state index in [4.69, 9.17) is 0 Å². The molecule has 1 fully saturated rings. The van der Waals surface area contributed by atoms with Gasteiger partial charge in [0.15, 0.2) is 9.84 Å². The summed E-state index contributed by atoms with van der Waals surface area (Å²) in [5.41, 5.74) is 2.08. The molecule has 0 aliphatic heterocycles. The SMILES string of the molecule is CN(C=O)Cc1cc(NC(=O)CCc2cccc(Br)c2)ccc1S(=O)(=O)C1CC1. The van der Waals surface area contributed by atoms with Gasteiger partial charge in [-0.15, -0.1) is 0 Å². The molecule has 1 aliphatic rings. The Morgan fingerprint density at radius 1 is 1.24 bits per heavy atom. The Kier molecular flexibility index (Phi) is 6.74. The largest absolute Gasteiger partial charge is 0.344 e. The molecule has 0 spiro atoms. The third-order valence-electron chi connectivity index (χ3n) is 4.74. The molecule has 0 bridgehead atoms. The highest BCUT2D eigenvalue weighted by Gasteiger charge is 2.38. The second-order valence-electron chi connectivity index (χ2n) is 7.27. The highest BCUT2D eigenvalue weighted by Crippen LogP contribution is 2.36. The van der Waals surface area contributed by atoms with Gasteiger partial charge in [-0.25, -0.2) is 8.42 Å². The summed E-state index contributed by atoms with van der Waals surface area (Å²) in [5, 5.41) is 2.49. The zero-order valence-electron chi connectivity index (χ0n) is 16.1. The molecule has 0 unspecified atom stereocenters. The summed E-state index contributed by atoms with van der Waals surface area (Å²) in [7, 11) is -1.82. The molecule has 2 aromatic rings. The maximum absolute atomic E-state index is 12.7. The Morgan fingerprint density at radius 3 is 2.66 bits per heavy atom. The van der Waals surface area contributed by atoms with Crippen LogP contribution in [0.15, 0.2) is 51.8 Å². The smallest absolute Gasteiger partial charge is 0.224 e. The van der Waals surface area contributed by atoms with Crippen molar-refractivity contribution in [2.24, 2.45) is 0 Å². The van der Waals surface area contributed by atoms with E-state index < -0.39 is 9.84 Å². The Morgan fingerprint density at radius 2 is 2.00 bits per heavy atom. The van der Waals surface area contributed by atoms with Gasteiger partial charge >= 0.3 is 0 Å². The predicted molar refractivity (Wildman–Crippen MR) is 115 cm³/mol. The number of benzene rings is 2. The van der Waals surface area contributed by atoms with E-state index in [1.54, 1.807) is 19.2 Å². The molecule has 0 radical (unpaired) electrons. The summed E-state index contributed by atoms with van der Waals surface area (Å²) < 4.78 is 26.4. The first-order chi connectivity index (χ1) is 13.8. The number of nitrogens with zero attached hydrogens (tertiary/aromatic N) is 1. The van der Waals surface area contributed by atoms with Crippen LogP contribution >= 0.6 is 15.9 Å². The Hall–Kier alpha value is -2.19. The van der Waals surface area contributed by atoms with Gasteiger partial charge in [-0.1, -0.05) is 28.1 Å². The van der Waals surface area contributed by atoms with Gasteiger partial charge in [0.25, 0.3) is 0 Å². The van der Waals surface area contributed by atoms with Gasteiger partial charge in [-0.05, 0) is 60.7 Å². The van der Waals surface area contributed by atoms with Gasteiger partial charge in [-0.2, -0.15) is 0 Å². The molecule has 6 nitrogen and oxygen atoms in total. The van der Waals surface area contributed by atoms with E-state index in [1.165, 1.54) is 11.0 Å². The quantitative estimate of drug-likeness (QED) is 0.558. The summed E-state index contributed by atoms with van der Waals surface area (Å²) in [6.07, 6.45) is 2.89. The van der Waals surface area contributed by atoms with Crippen LogP contribution in [0.1, 0.15) is 30.4 Å². The van der Waals surface area contributed by atoms with E-state index in [-0.39, 0.29) is 22.6 Å². The summed E-state index contributed by atoms with van der Waals surface area (Å²) in [6, 6.07) is 12.6. The zero-order valence-corrected chi connectivity index (χ0v) is 18.5. The van der Waals surface area contributed by atoms with E-state index in [1.807, 2.05) is 24.3 Å². The molecule has 3 rings (SSSR count). The minimum Gasteiger partial charge on any atom is -0.344 e. The molecule has 1 saturated carbocycles. The van der Waals surface area contributed by atoms with Crippen LogP contribution in [-0.4, -0.2) is 37.9 Å². The molecule has 29 heavy (non-hydrogen) atoms. The van der Waals surface area contributed by atoms with E-state index in [9.17, 15) is 18.0 Å². The monoisotopic (exact) mass is 478 g/mol. The van der Waals surface area contributed by atoms with Gasteiger partial charge in [0.05, 0.1) is 10.1 Å². The van der Waals surface area contributed by atoms with Gasteiger partial charge in [0.1, 0.15) is 0 Å². The van der Waals surface area contributed by atoms with Crippen molar-refractivity contribution in [3.8, 4) is 0 Å². The molecule has 2 amide bonds. The standard InChI is InChI=1S/C21H23BrN2O4S/c1-24(14-25)13-16-12-18(6-9-20(16)29(27,28)19-7-8-19)23-21(26)10-5-15-3-2-4-17(22)11-15/h2-4,6,9,11-12,14,19H,5,7-8,10,13H2,1H3,(H,23,26). The lowest BCUT2D eigenvalue weighted by atomic mass is 10.1. The van der Waals surface area contributed by atoms with Crippen LogP contribution in [0.3, 0.4) is 0 Å². The number of hydrogen-bond donors (Lipinski definition) is 1. The molecule has 2 aromatic carbocycles. The third-order valence-corrected chi connectivity index (χ3v) is 7.60. The van der Waals surface area contributed by atoms with Crippen LogP contribution in [0.5, 0.6) is 0 Å². The molecule has 0 aromatic heterocycles. The van der Waals surface area contributed by atoms with E-state index in [0.717, 1.165) is 10.0 Å². The normalized spacial score (nSPS) is 13.7. The first-order valence-electron chi connectivity index (χ1n) is 9.36. The van der Waals surface area contributed by atoms with Crippen LogP contribution in [0.25, 0.3) is 0 Å². The average molecular weight is 479 g/mol. The van der Waals surface area contributed by atoms with Crippen molar-refractivity contribution in [3.63, 3.8) is 0 Å². The summed E-state index contributed by atoms with van der Waals surface area (Å²) in [6.45, 7) is 0.159. The highest BCUT2D eigenvalue weighted by atomic mass is 79.9. The number of rotatable bonds is 9. The number of anilines is 1. The Balaban J connectivity index is 1.74. The minimum absolute atomic E-state index is 0.155. The lowest BCUT2D eigenvalue weighted by molar-refractivity contribution is -0.117. The molecule has 1 aliphatic carbocycles. The Labute approximate surface area is 179 Å². The number of carbonyl (C=O) groups is 2. The Bertz CT molecular complexity index is 1020. The second-order valence-corrected chi connectivity index (χ2v) is 10.4. The summed E-state index contributed by atoms with van der Waals surface area (Å²) in [4.78, 5) is 25.0. The highest BCUT2D eigenvalue weighted by molar-refractivity contribution is 9.10. The van der Waals surface area contributed by atoms with Gasteiger partial charge < -0.3 is 10.2 Å². The second kappa shape index (κ2) is 9.09. The zero-order chi connectivity index (χ0) is 21.0. The van der Waals surface area contributed by atoms with E-state index >= 15 is 0 Å². The number of hydrogen-bond acceptors (Lipinski definition) is 4. The van der Waals surface area contributed by atoms with Gasteiger partial charge in [-0.3, -0.25) is 9.59 Å². The fraction of sp³-hybridized carbons (Fsp3) is 0.333. The number of aryl methyl sites for hydroxylation is 1. The first kappa shape index (κ1) is 21.5. The molecular formula is C21H23BrN2O4S. The summed E-state index contributed by atoms with van der Waals surface area (Å²) in [5.74, 6) is -0.155. The van der Waals surface area contributed by atoms with Crippen molar-refractivity contribution in [2.75, 3.05) is 12.4 Å². The van der Waals surface area contributed by atoms with E-state index in [2.05, 4.69) is 21.2 Å². The van der Waals surface area contributed by atoms with Crippen LogP contribution in [0.2, 0.25) is 0 Å². The minimum atomic E-state index is -3.41. The maximum Gasteiger partial charge on any atom is 0.224 e. The number of amides is 2. The van der Waals surface area contributed by atoms with Crippen molar-refractivity contribution in [3.05, 3.63) is 58.1 Å². The van der Waals surface area contributed by atoms with Crippen molar-refractivity contribution >= 4 is 43.8 Å². The predicted octanol–water partition coefficient (Wildman–Crippen LogP) is 3.54. The molecular weight excluding hydrogens is 456 g/mol. The number of nitrogens with one attached hydrogen (secondary N) is 1. The molecule has 0 atom stereocenters. The van der Waals surface area contributed by atoms with Crippen LogP contribution in [0, 0.1) is 0 Å². The lowest BCUT2D eigenvalue weighted by Crippen LogP contribution is -2.19. The average Bonchev–Trinajstić information content (AvgIpc) is 3.52. The lowest BCUT2D eigenvalue weighted by Gasteiger charge is -2.16. The van der Waals surface area contributed by atoms with Crippen LogP contribution in [0.4, 0.5) is 5.69 Å². The molecule has 154 valence electrons. The molecule has 0 heterocycles. The van der Waals surface area contributed by atoms with E-state index in [0.29, 0.717) is 43.3 Å². The first-order valence-corrected chi connectivity index (χ1v) is 11.7. The number of carbonyl (C=O) groups excluding carboxylic acids is 2. The maximum atomic E-state index is 12.7. The summed E-state index contributed by atoms with van der Waals surface area (Å²) >= 11 is 3.42. The molecule has 0 saturated heterocycles. The van der Waals surface area contributed by atoms with Crippen LogP contribution < -0.4 is 5.32 Å². The third kappa shape index (κ3) is 5.67. The van der Waals surface area contributed by atoms with Crippen molar-refractivity contribution < 1.29 is 18.0 Å². The fourth-order valence-electron chi connectivity index (χ4n) is 3.10. The van der Waals surface area contributed by atoms with Gasteiger partial charge in [0, 0.05) is 30.2 Å². The number of sulfone groups is 1. The fourth-order valence-corrected chi connectivity index (χ4v) is 5.41. The molecule has 1 N–H and O–H groups in total. The van der Waals surface area contributed by atoms with Crippen molar-refractivity contribution in [1.29, 1.82) is 0 Å². The van der Waals surface area contributed by atoms with Crippen molar-refractivity contribution in [2.45, 2.75) is 42.4 Å².